The Balaban J connectivity index is 1.64. The predicted octanol–water partition coefficient (Wildman–Crippen LogP) is 7.43. The molecule has 0 aromatic heterocycles. The van der Waals surface area contributed by atoms with Crippen molar-refractivity contribution in [2.24, 2.45) is 5.92 Å². The molecule has 142 valence electrons. The van der Waals surface area contributed by atoms with E-state index in [9.17, 15) is 8.78 Å². The second kappa shape index (κ2) is 9.12. The van der Waals surface area contributed by atoms with Crippen LogP contribution in [0.1, 0.15) is 50.7 Å². The highest BCUT2D eigenvalue weighted by molar-refractivity contribution is 5.65. The average Bonchev–Trinajstić information content (AvgIpc) is 2.70. The average molecular weight is 366 g/mol. The second-order valence-electron chi connectivity index (χ2n) is 7.50. The number of aryl methyl sites for hydroxylation is 2. The molecule has 0 spiro atoms. The first-order valence-electron chi connectivity index (χ1n) is 9.97. The summed E-state index contributed by atoms with van der Waals surface area (Å²) in [5.74, 6) is -0.867. The van der Waals surface area contributed by atoms with Gasteiger partial charge in [0.1, 0.15) is 0 Å². The summed E-state index contributed by atoms with van der Waals surface area (Å²) in [6.07, 6.45) is 12.3. The number of hydrogen-bond acceptors (Lipinski definition) is 0. The van der Waals surface area contributed by atoms with E-state index < -0.39 is 11.6 Å². The highest BCUT2D eigenvalue weighted by Gasteiger charge is 2.14. The molecule has 0 saturated heterocycles. The van der Waals surface area contributed by atoms with E-state index in [1.54, 1.807) is 12.1 Å². The molecule has 0 heterocycles. The third-order valence-electron chi connectivity index (χ3n) is 5.50. The van der Waals surface area contributed by atoms with Gasteiger partial charge in [0.05, 0.1) is 0 Å². The van der Waals surface area contributed by atoms with E-state index in [0.29, 0.717) is 23.5 Å². The maximum absolute atomic E-state index is 14.6. The molecule has 0 N–H and O–H groups in total. The van der Waals surface area contributed by atoms with Gasteiger partial charge in [-0.25, -0.2) is 8.78 Å². The third-order valence-corrected chi connectivity index (χ3v) is 5.50. The maximum atomic E-state index is 14.6. The predicted molar refractivity (Wildman–Crippen MR) is 110 cm³/mol. The van der Waals surface area contributed by atoms with Crippen LogP contribution < -0.4 is 0 Å². The van der Waals surface area contributed by atoms with Gasteiger partial charge in [0, 0.05) is 5.56 Å². The van der Waals surface area contributed by atoms with Crippen LogP contribution in [0.4, 0.5) is 8.78 Å². The number of halogens is 2. The molecule has 2 aromatic carbocycles. The SMILES string of the molecule is CCc1ccc(-c2ccc(CC/C=C/C3CC=C(C)CC3)c(F)c2F)cc1. The van der Waals surface area contributed by atoms with Gasteiger partial charge in [-0.3, -0.25) is 0 Å². The summed E-state index contributed by atoms with van der Waals surface area (Å²) in [4.78, 5) is 0. The molecular weight excluding hydrogens is 338 g/mol. The summed E-state index contributed by atoms with van der Waals surface area (Å²) >= 11 is 0. The lowest BCUT2D eigenvalue weighted by molar-refractivity contribution is 0.501. The minimum atomic E-state index is -0.742. The van der Waals surface area contributed by atoms with Gasteiger partial charge in [0.15, 0.2) is 11.6 Å². The van der Waals surface area contributed by atoms with Crippen LogP contribution in [0, 0.1) is 17.6 Å². The molecule has 0 radical (unpaired) electrons. The molecule has 1 unspecified atom stereocenters. The van der Waals surface area contributed by atoms with Crippen LogP contribution in [-0.2, 0) is 12.8 Å². The normalized spacial score (nSPS) is 17.3. The molecule has 0 fully saturated rings. The van der Waals surface area contributed by atoms with Gasteiger partial charge in [-0.15, -0.1) is 0 Å². The van der Waals surface area contributed by atoms with Crippen molar-refractivity contribution in [2.75, 3.05) is 0 Å². The molecule has 27 heavy (non-hydrogen) atoms. The largest absolute Gasteiger partial charge is 0.203 e. The molecule has 1 aliphatic rings. The zero-order valence-corrected chi connectivity index (χ0v) is 16.3. The Bertz CT molecular complexity index is 828. The van der Waals surface area contributed by atoms with Crippen LogP contribution in [0.15, 0.2) is 60.2 Å². The highest BCUT2D eigenvalue weighted by atomic mass is 19.2. The zero-order chi connectivity index (χ0) is 19.2. The fourth-order valence-corrected chi connectivity index (χ4v) is 3.61. The summed E-state index contributed by atoms with van der Waals surface area (Å²) in [5.41, 5.74) is 4.16. The van der Waals surface area contributed by atoms with Crippen LogP contribution >= 0.6 is 0 Å². The monoisotopic (exact) mass is 366 g/mol. The molecule has 0 nitrogen and oxygen atoms in total. The summed E-state index contributed by atoms with van der Waals surface area (Å²) in [7, 11) is 0. The molecule has 3 rings (SSSR count). The number of rotatable bonds is 6. The quantitative estimate of drug-likeness (QED) is 0.466. The fourth-order valence-electron chi connectivity index (χ4n) is 3.61. The Hall–Kier alpha value is -2.22. The molecule has 2 aromatic rings. The number of hydrogen-bond donors (Lipinski definition) is 0. The summed E-state index contributed by atoms with van der Waals surface area (Å²) < 4.78 is 29.1. The molecule has 0 saturated carbocycles. The van der Waals surface area contributed by atoms with Crippen molar-refractivity contribution in [1.29, 1.82) is 0 Å². The first kappa shape index (κ1) is 19.5. The van der Waals surface area contributed by atoms with Crippen LogP contribution in [0.25, 0.3) is 11.1 Å². The Morgan fingerprint density at radius 2 is 1.81 bits per heavy atom. The van der Waals surface area contributed by atoms with Gasteiger partial charge in [-0.1, -0.05) is 67.1 Å². The van der Waals surface area contributed by atoms with Crippen molar-refractivity contribution < 1.29 is 8.78 Å². The Kier molecular flexibility index (Phi) is 6.60. The molecule has 0 amide bonds. The van der Waals surface area contributed by atoms with Crippen molar-refractivity contribution in [3.63, 3.8) is 0 Å². The van der Waals surface area contributed by atoms with Gasteiger partial charge >= 0.3 is 0 Å². The van der Waals surface area contributed by atoms with Crippen LogP contribution in [0.3, 0.4) is 0 Å². The standard InChI is InChI=1S/C25H28F2/c1-3-19-12-14-21(15-13-19)23-17-16-22(24(26)25(23)27)7-5-4-6-20-10-8-18(2)9-11-20/h4,6,8,12-17,20H,3,5,7,9-11H2,1-2H3/b6-4+. The summed E-state index contributed by atoms with van der Waals surface area (Å²) in [6.45, 7) is 4.25. The fraction of sp³-hybridized carbons (Fsp3) is 0.360. The topological polar surface area (TPSA) is 0 Å². The minimum Gasteiger partial charge on any atom is -0.203 e. The van der Waals surface area contributed by atoms with Crippen molar-refractivity contribution in [3.8, 4) is 11.1 Å². The van der Waals surface area contributed by atoms with Crippen molar-refractivity contribution >= 4 is 0 Å². The van der Waals surface area contributed by atoms with Crippen LogP contribution in [-0.4, -0.2) is 0 Å². The van der Waals surface area contributed by atoms with Gasteiger partial charge < -0.3 is 0 Å². The van der Waals surface area contributed by atoms with E-state index in [4.69, 9.17) is 0 Å². The van der Waals surface area contributed by atoms with Crippen molar-refractivity contribution in [3.05, 3.63) is 83.0 Å². The van der Waals surface area contributed by atoms with E-state index in [1.165, 1.54) is 17.6 Å². The minimum absolute atomic E-state index is 0.332. The van der Waals surface area contributed by atoms with E-state index in [1.807, 2.05) is 24.3 Å². The summed E-state index contributed by atoms with van der Waals surface area (Å²) in [5, 5.41) is 0. The van der Waals surface area contributed by atoms with Crippen molar-refractivity contribution in [2.45, 2.75) is 52.4 Å². The lowest BCUT2D eigenvalue weighted by atomic mass is 9.90. The van der Waals surface area contributed by atoms with Crippen LogP contribution in [0.2, 0.25) is 0 Å². The van der Waals surface area contributed by atoms with Crippen molar-refractivity contribution in [1.82, 2.24) is 0 Å². The second-order valence-corrected chi connectivity index (χ2v) is 7.50. The molecule has 1 atom stereocenters. The molecular formula is C25H28F2. The first-order valence-corrected chi connectivity index (χ1v) is 9.97. The molecule has 0 bridgehead atoms. The zero-order valence-electron chi connectivity index (χ0n) is 16.3. The Labute approximate surface area is 161 Å². The van der Waals surface area contributed by atoms with Gasteiger partial charge in [0.2, 0.25) is 0 Å². The van der Waals surface area contributed by atoms with E-state index in [0.717, 1.165) is 31.2 Å². The Morgan fingerprint density at radius 3 is 2.48 bits per heavy atom. The maximum Gasteiger partial charge on any atom is 0.166 e. The molecule has 1 aliphatic carbocycles. The van der Waals surface area contributed by atoms with E-state index >= 15 is 0 Å². The first-order chi connectivity index (χ1) is 13.1. The van der Waals surface area contributed by atoms with Gasteiger partial charge in [-0.2, -0.15) is 0 Å². The Morgan fingerprint density at radius 1 is 1.04 bits per heavy atom. The molecule has 2 heteroatoms. The highest BCUT2D eigenvalue weighted by Crippen LogP contribution is 2.28. The molecule has 0 aliphatic heterocycles. The van der Waals surface area contributed by atoms with E-state index in [2.05, 4.69) is 32.1 Å². The smallest absolute Gasteiger partial charge is 0.166 e. The van der Waals surface area contributed by atoms with Crippen LogP contribution in [0.5, 0.6) is 0 Å². The third kappa shape index (κ3) is 4.94. The van der Waals surface area contributed by atoms with Gasteiger partial charge in [0.25, 0.3) is 0 Å². The lowest BCUT2D eigenvalue weighted by Crippen LogP contribution is -2.01. The lowest BCUT2D eigenvalue weighted by Gasteiger charge is -2.16. The summed E-state index contributed by atoms with van der Waals surface area (Å²) in [6, 6.07) is 11.1. The van der Waals surface area contributed by atoms with E-state index in [-0.39, 0.29) is 0 Å². The number of allylic oxidation sites excluding steroid dienone is 4. The van der Waals surface area contributed by atoms with Gasteiger partial charge in [-0.05, 0) is 68.1 Å². The number of benzene rings is 2.